The van der Waals surface area contributed by atoms with Gasteiger partial charge >= 0.3 is 0 Å². The van der Waals surface area contributed by atoms with Gasteiger partial charge in [0.2, 0.25) is 0 Å². The number of ether oxygens (including phenoxy) is 1. The molecule has 1 amide bonds. The quantitative estimate of drug-likeness (QED) is 0.414. The van der Waals surface area contributed by atoms with Gasteiger partial charge in [-0.15, -0.1) is 0 Å². The van der Waals surface area contributed by atoms with Crippen LogP contribution in [-0.2, 0) is 11.3 Å². The second-order valence-corrected chi connectivity index (χ2v) is 12.1. The molecule has 2 bridgehead atoms. The number of aromatic nitrogens is 4. The molecule has 6 heterocycles. The summed E-state index contributed by atoms with van der Waals surface area (Å²) in [5.74, 6) is 2.19. The monoisotopic (exact) mass is 525 g/mol. The zero-order chi connectivity index (χ0) is 26.4. The number of aryl methyl sites for hydroxylation is 1. The summed E-state index contributed by atoms with van der Waals surface area (Å²) in [5.41, 5.74) is 12.2. The highest BCUT2D eigenvalue weighted by Crippen LogP contribution is 2.39. The van der Waals surface area contributed by atoms with E-state index in [4.69, 9.17) is 20.6 Å². The molecule has 4 fully saturated rings. The number of likely N-dealkylation sites (tertiary alicyclic amines) is 1. The molecule has 2 unspecified atom stereocenters. The summed E-state index contributed by atoms with van der Waals surface area (Å²) in [4.78, 5) is 22.8. The molecule has 0 radical (unpaired) electrons. The van der Waals surface area contributed by atoms with Gasteiger partial charge in [-0.3, -0.25) is 4.79 Å². The number of carbonyl (C=O) groups is 1. The fourth-order valence-electron chi connectivity index (χ4n) is 7.00. The third-order valence-corrected chi connectivity index (χ3v) is 9.65. The van der Waals surface area contributed by atoms with Crippen molar-refractivity contribution in [2.75, 3.05) is 31.6 Å². The Kier molecular flexibility index (Phi) is 5.13. The van der Waals surface area contributed by atoms with Gasteiger partial charge in [-0.2, -0.15) is 5.10 Å². The SMILES string of the molecule is COC1CN(c2ccc3cc(-c4nn5cc(C(=O)N6CC7CCC6[C@@H]7N)ccc5c4C)n(CC4CC4)c3n2)C1. The summed E-state index contributed by atoms with van der Waals surface area (Å²) in [6.07, 6.45) is 6.85. The number of piperidine rings is 1. The largest absolute Gasteiger partial charge is 0.378 e. The van der Waals surface area contributed by atoms with Crippen molar-refractivity contribution >= 4 is 28.3 Å². The van der Waals surface area contributed by atoms with Gasteiger partial charge in [-0.05, 0) is 74.8 Å². The van der Waals surface area contributed by atoms with Gasteiger partial charge in [-0.1, -0.05) is 0 Å². The molecule has 4 aliphatic rings. The Morgan fingerprint density at radius 2 is 1.95 bits per heavy atom. The molecule has 2 N–H and O–H groups in total. The van der Waals surface area contributed by atoms with Crippen molar-refractivity contribution in [2.24, 2.45) is 17.6 Å². The van der Waals surface area contributed by atoms with Crippen LogP contribution in [0.15, 0.2) is 36.5 Å². The lowest BCUT2D eigenvalue weighted by molar-refractivity contribution is 0.0700. The van der Waals surface area contributed by atoms with Crippen molar-refractivity contribution < 1.29 is 9.53 Å². The molecule has 4 aromatic rings. The van der Waals surface area contributed by atoms with Crippen LogP contribution in [-0.4, -0.2) is 74.9 Å². The van der Waals surface area contributed by atoms with Crippen LogP contribution >= 0.6 is 0 Å². The van der Waals surface area contributed by atoms with E-state index < -0.39 is 0 Å². The van der Waals surface area contributed by atoms with Crippen LogP contribution < -0.4 is 10.6 Å². The van der Waals surface area contributed by atoms with Crippen LogP contribution in [0.3, 0.4) is 0 Å². The number of rotatable bonds is 6. The predicted molar refractivity (Wildman–Crippen MR) is 150 cm³/mol. The fourth-order valence-corrected chi connectivity index (χ4v) is 7.00. The van der Waals surface area contributed by atoms with Crippen molar-refractivity contribution in [3.05, 3.63) is 47.7 Å². The number of anilines is 1. The number of pyridine rings is 2. The predicted octanol–water partition coefficient (Wildman–Crippen LogP) is 3.47. The smallest absolute Gasteiger partial charge is 0.255 e. The maximum absolute atomic E-state index is 13.4. The molecule has 2 aliphatic heterocycles. The molecular formula is C30H35N7O2. The molecule has 3 atom stereocenters. The first-order valence-corrected chi connectivity index (χ1v) is 14.3. The zero-order valence-electron chi connectivity index (χ0n) is 22.6. The summed E-state index contributed by atoms with van der Waals surface area (Å²) in [7, 11) is 1.77. The Bertz CT molecular complexity index is 1610. The number of amides is 1. The van der Waals surface area contributed by atoms with E-state index in [0.29, 0.717) is 17.4 Å². The molecule has 9 heteroatoms. The number of fused-ring (bicyclic) bond motifs is 4. The van der Waals surface area contributed by atoms with Crippen molar-refractivity contribution in [3.63, 3.8) is 0 Å². The lowest BCUT2D eigenvalue weighted by atomic mass is 10.1. The minimum Gasteiger partial charge on any atom is -0.378 e. The van der Waals surface area contributed by atoms with Crippen LogP contribution in [0.4, 0.5) is 5.82 Å². The fraction of sp³-hybridized carbons (Fsp3) is 0.500. The van der Waals surface area contributed by atoms with Gasteiger partial charge in [0, 0.05) is 62.5 Å². The third-order valence-electron chi connectivity index (χ3n) is 9.65. The summed E-state index contributed by atoms with van der Waals surface area (Å²) >= 11 is 0. The van der Waals surface area contributed by atoms with E-state index in [-0.39, 0.29) is 24.1 Å². The molecular weight excluding hydrogens is 490 g/mol. The van der Waals surface area contributed by atoms with E-state index in [2.05, 4.69) is 34.6 Å². The summed E-state index contributed by atoms with van der Waals surface area (Å²) in [5, 5.41) is 6.18. The molecule has 0 aromatic carbocycles. The molecule has 2 aliphatic carbocycles. The van der Waals surface area contributed by atoms with Gasteiger partial charge in [-0.25, -0.2) is 9.50 Å². The summed E-state index contributed by atoms with van der Waals surface area (Å²) in [6, 6.07) is 10.8. The van der Waals surface area contributed by atoms with Crippen LogP contribution in [0, 0.1) is 18.8 Å². The van der Waals surface area contributed by atoms with E-state index in [9.17, 15) is 4.79 Å². The number of nitrogens with two attached hydrogens (primary N) is 1. The Balaban J connectivity index is 1.17. The standard InChI is InChI=1S/C30H35N7O2/c1-17-23-8-6-21(30(38)36-13-20-5-9-24(36)27(20)31)14-37(23)33-28(17)25-11-19-7-10-26(34-15-22(16-34)39-2)32-29(19)35(25)12-18-3-4-18/h6-8,10-11,14,18,20,22,24,27H,3-5,9,12-13,15-16,31H2,1-2H3/t20?,24?,27-/m1/s1. The van der Waals surface area contributed by atoms with Crippen LogP contribution in [0.2, 0.25) is 0 Å². The highest BCUT2D eigenvalue weighted by molar-refractivity contribution is 5.95. The van der Waals surface area contributed by atoms with Gasteiger partial charge in [0.1, 0.15) is 17.2 Å². The first-order chi connectivity index (χ1) is 19.0. The third kappa shape index (κ3) is 3.63. The second-order valence-electron chi connectivity index (χ2n) is 12.1. The lowest BCUT2D eigenvalue weighted by Crippen LogP contribution is -2.52. The minimum atomic E-state index is 0.0653. The van der Waals surface area contributed by atoms with Crippen LogP contribution in [0.1, 0.15) is 41.6 Å². The number of nitrogens with zero attached hydrogens (tertiary/aromatic N) is 6. The number of hydrogen-bond donors (Lipinski definition) is 1. The number of hydrogen-bond acceptors (Lipinski definition) is 6. The summed E-state index contributed by atoms with van der Waals surface area (Å²) < 4.78 is 9.72. The van der Waals surface area contributed by atoms with Gasteiger partial charge in [0.15, 0.2) is 0 Å². The Morgan fingerprint density at radius 1 is 1.10 bits per heavy atom. The van der Waals surface area contributed by atoms with Crippen LogP contribution in [0.5, 0.6) is 0 Å². The van der Waals surface area contributed by atoms with E-state index in [1.807, 2.05) is 27.7 Å². The molecule has 9 nitrogen and oxygen atoms in total. The lowest BCUT2D eigenvalue weighted by Gasteiger charge is -2.39. The van der Waals surface area contributed by atoms with Gasteiger partial charge in [0.05, 0.1) is 22.9 Å². The van der Waals surface area contributed by atoms with Crippen molar-refractivity contribution in [1.29, 1.82) is 0 Å². The first-order valence-electron chi connectivity index (χ1n) is 14.3. The Morgan fingerprint density at radius 3 is 2.67 bits per heavy atom. The average molecular weight is 526 g/mol. The van der Waals surface area contributed by atoms with E-state index in [0.717, 1.165) is 78.3 Å². The maximum Gasteiger partial charge on any atom is 0.255 e. The van der Waals surface area contributed by atoms with Crippen molar-refractivity contribution in [1.82, 2.24) is 24.1 Å². The van der Waals surface area contributed by atoms with Gasteiger partial charge < -0.3 is 24.8 Å². The average Bonchev–Trinajstić information content (AvgIpc) is 3.33. The zero-order valence-corrected chi connectivity index (χ0v) is 22.6. The maximum atomic E-state index is 13.4. The molecule has 0 spiro atoms. The highest BCUT2D eigenvalue weighted by atomic mass is 16.5. The first kappa shape index (κ1) is 23.5. The summed E-state index contributed by atoms with van der Waals surface area (Å²) in [6.45, 7) is 5.60. The van der Waals surface area contributed by atoms with E-state index >= 15 is 0 Å². The van der Waals surface area contributed by atoms with Crippen molar-refractivity contribution in [3.8, 4) is 11.4 Å². The number of methoxy groups -OCH3 is 1. The van der Waals surface area contributed by atoms with E-state index in [1.54, 1.807) is 7.11 Å². The number of carbonyl (C=O) groups excluding carboxylic acids is 1. The Hall–Kier alpha value is -3.43. The topological polar surface area (TPSA) is 93.9 Å². The van der Waals surface area contributed by atoms with Crippen LogP contribution in [0.25, 0.3) is 27.9 Å². The highest BCUT2D eigenvalue weighted by Gasteiger charge is 2.47. The van der Waals surface area contributed by atoms with Gasteiger partial charge in [0.25, 0.3) is 5.91 Å². The molecule has 202 valence electrons. The molecule has 2 saturated carbocycles. The molecule has 2 saturated heterocycles. The van der Waals surface area contributed by atoms with Crippen molar-refractivity contribution in [2.45, 2.75) is 57.3 Å². The molecule has 4 aromatic heterocycles. The Labute approximate surface area is 227 Å². The minimum absolute atomic E-state index is 0.0653. The normalized spacial score (nSPS) is 24.8. The molecule has 8 rings (SSSR count). The molecule has 39 heavy (non-hydrogen) atoms. The van der Waals surface area contributed by atoms with E-state index in [1.165, 1.54) is 12.8 Å². The second kappa shape index (κ2) is 8.53.